The van der Waals surface area contributed by atoms with Crippen LogP contribution in [0.2, 0.25) is 0 Å². The van der Waals surface area contributed by atoms with Crippen molar-refractivity contribution >= 4 is 45.0 Å². The van der Waals surface area contributed by atoms with Crippen molar-refractivity contribution in [2.45, 2.75) is 6.42 Å². The van der Waals surface area contributed by atoms with Crippen LogP contribution < -0.4 is 10.6 Å². The molecular formula is C20H20N6OS. The molecular weight excluding hydrogens is 372 g/mol. The molecule has 1 fully saturated rings. The minimum Gasteiger partial charge on any atom is -0.378 e. The molecule has 3 aromatic rings. The fourth-order valence-electron chi connectivity index (χ4n) is 3.51. The number of nitrogens with two attached hydrogens (primary N) is 1. The van der Waals surface area contributed by atoms with Crippen molar-refractivity contribution in [2.24, 2.45) is 4.99 Å². The third kappa shape index (κ3) is 3.25. The fraction of sp³-hybridized carbons (Fsp3) is 0.300. The Morgan fingerprint density at radius 2 is 1.93 bits per heavy atom. The maximum absolute atomic E-state index is 5.65. The number of hydrogen-bond donors (Lipinski definition) is 1. The van der Waals surface area contributed by atoms with Crippen molar-refractivity contribution in [1.29, 1.82) is 0 Å². The number of allylic oxidation sites excluding steroid dienone is 1. The highest BCUT2D eigenvalue weighted by atomic mass is 32.1. The lowest BCUT2D eigenvalue weighted by Crippen LogP contribution is -2.36. The Morgan fingerprint density at radius 3 is 2.68 bits per heavy atom. The van der Waals surface area contributed by atoms with Crippen LogP contribution in [0, 0.1) is 0 Å². The lowest BCUT2D eigenvalue weighted by atomic mass is 10.1. The van der Waals surface area contributed by atoms with E-state index >= 15 is 0 Å². The van der Waals surface area contributed by atoms with Crippen molar-refractivity contribution in [3.05, 3.63) is 35.5 Å². The van der Waals surface area contributed by atoms with Gasteiger partial charge < -0.3 is 15.4 Å². The van der Waals surface area contributed by atoms with Crippen molar-refractivity contribution < 1.29 is 4.74 Å². The van der Waals surface area contributed by atoms with Gasteiger partial charge in [-0.2, -0.15) is 0 Å². The summed E-state index contributed by atoms with van der Waals surface area (Å²) in [6.07, 6.45) is 8.43. The molecule has 0 spiro atoms. The normalized spacial score (nSPS) is 17.1. The molecule has 3 aromatic heterocycles. The van der Waals surface area contributed by atoms with Gasteiger partial charge in [-0.25, -0.2) is 15.0 Å². The number of aromatic nitrogens is 3. The highest BCUT2D eigenvalue weighted by molar-refractivity contribution is 7.20. The van der Waals surface area contributed by atoms with Crippen LogP contribution in [0.4, 0.5) is 11.6 Å². The number of dihydropyridines is 1. The van der Waals surface area contributed by atoms with E-state index in [0.717, 1.165) is 56.0 Å². The number of nitrogens with zero attached hydrogens (tertiary/aromatic N) is 5. The molecule has 5 rings (SSSR count). The standard InChI is InChI=1S/C20H20N6OS/c21-20-23-11-14(12-24-20)15-9-17(26-5-7-27-8-6-26)19-16(25-15)10-18(28-19)13-1-3-22-4-2-13/h1,3,9-12H,2,4-8H2,(H2,21,23,24). The van der Waals surface area contributed by atoms with E-state index < -0.39 is 0 Å². The summed E-state index contributed by atoms with van der Waals surface area (Å²) in [4.78, 5) is 21.1. The molecule has 0 amide bonds. The Balaban J connectivity index is 1.66. The lowest BCUT2D eigenvalue weighted by Gasteiger charge is -2.29. The number of hydrogen-bond acceptors (Lipinski definition) is 8. The monoisotopic (exact) mass is 392 g/mol. The van der Waals surface area contributed by atoms with Crippen LogP contribution in [0.1, 0.15) is 11.3 Å². The van der Waals surface area contributed by atoms with E-state index in [1.54, 1.807) is 23.7 Å². The van der Waals surface area contributed by atoms with Crippen LogP contribution in [-0.2, 0) is 4.74 Å². The SMILES string of the molecule is Nc1ncc(-c2cc(N3CCOCC3)c3sc(C4=CC=NCC4)cc3n2)cn1. The molecule has 0 aliphatic carbocycles. The number of anilines is 2. The predicted molar refractivity (Wildman–Crippen MR) is 114 cm³/mol. The first-order valence-corrected chi connectivity index (χ1v) is 10.1. The highest BCUT2D eigenvalue weighted by Gasteiger charge is 2.20. The number of rotatable bonds is 3. The second kappa shape index (κ2) is 7.29. The van der Waals surface area contributed by atoms with Gasteiger partial charge in [0.25, 0.3) is 0 Å². The van der Waals surface area contributed by atoms with Crippen LogP contribution in [-0.4, -0.2) is 54.0 Å². The van der Waals surface area contributed by atoms with E-state index in [1.807, 2.05) is 6.21 Å². The average molecular weight is 392 g/mol. The Morgan fingerprint density at radius 1 is 1.11 bits per heavy atom. The summed E-state index contributed by atoms with van der Waals surface area (Å²) in [6.45, 7) is 4.07. The summed E-state index contributed by atoms with van der Waals surface area (Å²) in [6, 6.07) is 4.33. The van der Waals surface area contributed by atoms with Gasteiger partial charge in [0.05, 0.1) is 34.8 Å². The van der Waals surface area contributed by atoms with Gasteiger partial charge >= 0.3 is 0 Å². The van der Waals surface area contributed by atoms with Gasteiger partial charge in [-0.1, -0.05) is 0 Å². The predicted octanol–water partition coefficient (Wildman–Crippen LogP) is 3.03. The van der Waals surface area contributed by atoms with E-state index in [9.17, 15) is 0 Å². The van der Waals surface area contributed by atoms with E-state index in [1.165, 1.54) is 20.8 Å². The summed E-state index contributed by atoms with van der Waals surface area (Å²) >= 11 is 1.80. The summed E-state index contributed by atoms with van der Waals surface area (Å²) < 4.78 is 6.76. The van der Waals surface area contributed by atoms with Crippen LogP contribution in [0.25, 0.3) is 27.0 Å². The minimum absolute atomic E-state index is 0.266. The number of pyridine rings is 1. The van der Waals surface area contributed by atoms with E-state index in [2.05, 4.69) is 38.1 Å². The Labute approximate surface area is 166 Å². The van der Waals surface area contributed by atoms with Crippen LogP contribution in [0.3, 0.4) is 0 Å². The van der Waals surface area contributed by atoms with Crippen molar-refractivity contribution in [3.8, 4) is 11.3 Å². The second-order valence-corrected chi connectivity index (χ2v) is 7.83. The topological polar surface area (TPSA) is 89.5 Å². The van der Waals surface area contributed by atoms with E-state index in [0.29, 0.717) is 0 Å². The second-order valence-electron chi connectivity index (χ2n) is 6.78. The molecule has 7 nitrogen and oxygen atoms in total. The van der Waals surface area contributed by atoms with Crippen LogP contribution >= 0.6 is 11.3 Å². The number of thiophene rings is 1. The molecule has 28 heavy (non-hydrogen) atoms. The molecule has 0 aromatic carbocycles. The van der Waals surface area contributed by atoms with Gasteiger partial charge in [0.15, 0.2) is 0 Å². The van der Waals surface area contributed by atoms with E-state index in [4.69, 9.17) is 15.5 Å². The first-order chi connectivity index (χ1) is 13.8. The third-order valence-corrected chi connectivity index (χ3v) is 6.21. The molecule has 2 aliphatic heterocycles. The summed E-state index contributed by atoms with van der Waals surface area (Å²) in [7, 11) is 0. The van der Waals surface area contributed by atoms with Crippen LogP contribution in [0.15, 0.2) is 35.6 Å². The smallest absolute Gasteiger partial charge is 0.219 e. The van der Waals surface area contributed by atoms with Crippen molar-refractivity contribution in [2.75, 3.05) is 43.5 Å². The Hall–Kier alpha value is -2.84. The Bertz CT molecular complexity index is 1070. The quantitative estimate of drug-likeness (QED) is 0.737. The number of aliphatic imine (C=N–C) groups is 1. The molecule has 0 saturated carbocycles. The molecule has 0 atom stereocenters. The molecule has 142 valence electrons. The Kier molecular flexibility index (Phi) is 4.50. The van der Waals surface area contributed by atoms with Gasteiger partial charge in [-0.3, -0.25) is 4.99 Å². The number of fused-ring (bicyclic) bond motifs is 1. The van der Waals surface area contributed by atoms with Gasteiger partial charge in [0, 0.05) is 48.7 Å². The number of nitrogen functional groups attached to an aromatic ring is 1. The average Bonchev–Trinajstić information content (AvgIpc) is 3.19. The number of morpholine rings is 1. The maximum atomic E-state index is 5.65. The van der Waals surface area contributed by atoms with Gasteiger partial charge in [0.1, 0.15) is 0 Å². The first-order valence-electron chi connectivity index (χ1n) is 9.32. The first kappa shape index (κ1) is 17.3. The molecule has 0 bridgehead atoms. The summed E-state index contributed by atoms with van der Waals surface area (Å²) in [5, 5.41) is 0. The molecule has 8 heteroatoms. The lowest BCUT2D eigenvalue weighted by molar-refractivity contribution is 0.123. The summed E-state index contributed by atoms with van der Waals surface area (Å²) in [5.74, 6) is 0.266. The molecule has 2 aliphatic rings. The maximum Gasteiger partial charge on any atom is 0.219 e. The van der Waals surface area contributed by atoms with Crippen molar-refractivity contribution in [3.63, 3.8) is 0 Å². The zero-order chi connectivity index (χ0) is 18.9. The third-order valence-electron chi connectivity index (χ3n) is 4.99. The number of ether oxygens (including phenoxy) is 1. The summed E-state index contributed by atoms with van der Waals surface area (Å²) in [5.41, 5.74) is 10.9. The minimum atomic E-state index is 0.266. The van der Waals surface area contributed by atoms with E-state index in [-0.39, 0.29) is 5.95 Å². The zero-order valence-corrected chi connectivity index (χ0v) is 16.2. The van der Waals surface area contributed by atoms with Crippen LogP contribution in [0.5, 0.6) is 0 Å². The molecule has 2 N–H and O–H groups in total. The highest BCUT2D eigenvalue weighted by Crippen LogP contribution is 2.39. The van der Waals surface area contributed by atoms with Gasteiger partial charge in [-0.05, 0) is 30.2 Å². The van der Waals surface area contributed by atoms with Gasteiger partial charge in [0.2, 0.25) is 5.95 Å². The van der Waals surface area contributed by atoms with Crippen molar-refractivity contribution in [1.82, 2.24) is 15.0 Å². The molecule has 0 unspecified atom stereocenters. The molecule has 1 saturated heterocycles. The molecule has 0 radical (unpaired) electrons. The fourth-order valence-corrected chi connectivity index (χ4v) is 4.70. The molecule has 5 heterocycles. The zero-order valence-electron chi connectivity index (χ0n) is 15.3. The van der Waals surface area contributed by atoms with Gasteiger partial charge in [-0.15, -0.1) is 11.3 Å². The largest absolute Gasteiger partial charge is 0.378 e.